The number of amides is 1. The highest BCUT2D eigenvalue weighted by Gasteiger charge is 2.17. The van der Waals surface area contributed by atoms with Gasteiger partial charge in [0.25, 0.3) is 11.5 Å². The summed E-state index contributed by atoms with van der Waals surface area (Å²) in [7, 11) is 0. The van der Waals surface area contributed by atoms with Crippen LogP contribution in [-0.2, 0) is 0 Å². The number of hydrogen-bond donors (Lipinski definition) is 3. The van der Waals surface area contributed by atoms with Gasteiger partial charge in [0.15, 0.2) is 5.75 Å². The van der Waals surface area contributed by atoms with Gasteiger partial charge in [0, 0.05) is 43.5 Å². The fourth-order valence-electron chi connectivity index (χ4n) is 2.49. The smallest absolute Gasteiger partial charge is 0.290 e. The second-order valence-electron chi connectivity index (χ2n) is 5.22. The molecule has 3 N–H and O–H groups in total. The number of carbonyl (C=O) groups is 1. The Morgan fingerprint density at radius 2 is 1.77 bits per heavy atom. The molecule has 0 aliphatic carbocycles. The van der Waals surface area contributed by atoms with Crippen molar-refractivity contribution in [1.82, 2.24) is 15.2 Å². The molecule has 1 amide bonds. The topological polar surface area (TPSA) is 85.4 Å². The summed E-state index contributed by atoms with van der Waals surface area (Å²) in [4.78, 5) is 27.8. The Morgan fingerprint density at radius 1 is 1.09 bits per heavy atom. The van der Waals surface area contributed by atoms with E-state index < -0.39 is 5.56 Å². The highest BCUT2D eigenvalue weighted by atomic mass is 16.3. The first kappa shape index (κ1) is 14.3. The molecular weight excluding hydrogens is 282 g/mol. The van der Waals surface area contributed by atoms with E-state index in [-0.39, 0.29) is 11.7 Å². The molecule has 2 heterocycles. The fraction of sp³-hybridized carbons (Fsp3) is 0.250. The van der Waals surface area contributed by atoms with E-state index in [9.17, 15) is 14.7 Å². The number of pyridine rings is 1. The van der Waals surface area contributed by atoms with E-state index >= 15 is 0 Å². The van der Waals surface area contributed by atoms with Crippen LogP contribution in [0.3, 0.4) is 0 Å². The van der Waals surface area contributed by atoms with Crippen LogP contribution in [0.25, 0.3) is 11.1 Å². The number of aromatic nitrogens is 1. The van der Waals surface area contributed by atoms with Crippen molar-refractivity contribution >= 4 is 5.91 Å². The van der Waals surface area contributed by atoms with Gasteiger partial charge >= 0.3 is 0 Å². The first-order valence-electron chi connectivity index (χ1n) is 7.17. The number of aromatic amines is 1. The van der Waals surface area contributed by atoms with Crippen LogP contribution >= 0.6 is 0 Å². The van der Waals surface area contributed by atoms with Crippen molar-refractivity contribution in [2.24, 2.45) is 0 Å². The molecule has 0 saturated carbocycles. The van der Waals surface area contributed by atoms with Crippen LogP contribution in [0.2, 0.25) is 0 Å². The summed E-state index contributed by atoms with van der Waals surface area (Å²) in [5.41, 5.74) is 1.63. The summed E-state index contributed by atoms with van der Waals surface area (Å²) in [6.07, 6.45) is 1.54. The van der Waals surface area contributed by atoms with Crippen molar-refractivity contribution in [3.05, 3.63) is 52.4 Å². The minimum Gasteiger partial charge on any atom is -0.503 e. The van der Waals surface area contributed by atoms with Crippen molar-refractivity contribution in [2.75, 3.05) is 26.2 Å². The monoisotopic (exact) mass is 299 g/mol. The Bertz CT molecular complexity index is 731. The molecule has 2 aromatic rings. The van der Waals surface area contributed by atoms with Gasteiger partial charge in [-0.25, -0.2) is 0 Å². The van der Waals surface area contributed by atoms with Crippen LogP contribution < -0.4 is 10.9 Å². The van der Waals surface area contributed by atoms with Crippen LogP contribution in [0.1, 0.15) is 10.4 Å². The summed E-state index contributed by atoms with van der Waals surface area (Å²) >= 11 is 0. The lowest BCUT2D eigenvalue weighted by atomic mass is 10.0. The molecule has 1 aromatic carbocycles. The number of rotatable bonds is 2. The molecule has 6 heteroatoms. The van der Waals surface area contributed by atoms with E-state index in [0.717, 1.165) is 18.7 Å². The average Bonchev–Trinajstić information content (AvgIpc) is 2.58. The lowest BCUT2D eigenvalue weighted by Crippen LogP contribution is -2.46. The maximum absolute atomic E-state index is 12.4. The standard InChI is InChI=1S/C16H17N3O3/c20-14-9-13(10-18-15(14)21)11-1-3-12(4-2-11)16(22)19-7-5-17-6-8-19/h1-4,9-10,17,20H,5-8H2,(H,18,21). The Kier molecular flexibility index (Phi) is 3.93. The number of H-pyrrole nitrogens is 1. The maximum atomic E-state index is 12.4. The predicted molar refractivity (Wildman–Crippen MR) is 82.9 cm³/mol. The van der Waals surface area contributed by atoms with Crippen LogP contribution in [-0.4, -0.2) is 47.1 Å². The van der Waals surface area contributed by atoms with E-state index in [2.05, 4.69) is 10.3 Å². The molecule has 22 heavy (non-hydrogen) atoms. The third kappa shape index (κ3) is 2.87. The second kappa shape index (κ2) is 6.03. The molecule has 1 aliphatic heterocycles. The molecule has 1 aliphatic rings. The van der Waals surface area contributed by atoms with Gasteiger partial charge in [0.05, 0.1) is 0 Å². The van der Waals surface area contributed by atoms with Crippen molar-refractivity contribution in [2.45, 2.75) is 0 Å². The minimum absolute atomic E-state index is 0.0253. The van der Waals surface area contributed by atoms with Crippen molar-refractivity contribution in [1.29, 1.82) is 0 Å². The average molecular weight is 299 g/mol. The molecule has 0 atom stereocenters. The minimum atomic E-state index is -0.519. The third-order valence-corrected chi connectivity index (χ3v) is 3.75. The fourth-order valence-corrected chi connectivity index (χ4v) is 2.49. The summed E-state index contributed by atoms with van der Waals surface area (Å²) in [6.45, 7) is 3.07. The molecule has 1 fully saturated rings. The largest absolute Gasteiger partial charge is 0.503 e. The van der Waals surface area contributed by atoms with Crippen molar-refractivity contribution < 1.29 is 9.90 Å². The molecular formula is C16H17N3O3. The summed E-state index contributed by atoms with van der Waals surface area (Å²) in [5, 5.41) is 12.7. The van der Waals surface area contributed by atoms with Gasteiger partial charge in [0.2, 0.25) is 0 Å². The van der Waals surface area contributed by atoms with Crippen LogP contribution in [0.5, 0.6) is 5.75 Å². The lowest BCUT2D eigenvalue weighted by Gasteiger charge is -2.27. The van der Waals surface area contributed by atoms with Gasteiger partial charge < -0.3 is 20.3 Å². The molecule has 1 saturated heterocycles. The molecule has 6 nitrogen and oxygen atoms in total. The second-order valence-corrected chi connectivity index (χ2v) is 5.22. The summed E-state index contributed by atoms with van der Waals surface area (Å²) in [5.74, 6) is -0.296. The zero-order valence-corrected chi connectivity index (χ0v) is 12.0. The quantitative estimate of drug-likeness (QED) is 0.765. The molecule has 0 bridgehead atoms. The first-order valence-corrected chi connectivity index (χ1v) is 7.17. The van der Waals surface area contributed by atoms with Crippen LogP contribution in [0.15, 0.2) is 41.3 Å². The number of nitrogens with zero attached hydrogens (tertiary/aromatic N) is 1. The van der Waals surface area contributed by atoms with Gasteiger partial charge in [0.1, 0.15) is 0 Å². The summed E-state index contributed by atoms with van der Waals surface area (Å²) in [6, 6.07) is 8.56. The number of hydrogen-bond acceptors (Lipinski definition) is 4. The van der Waals surface area contributed by atoms with Gasteiger partial charge in [-0.05, 0) is 23.8 Å². The van der Waals surface area contributed by atoms with Crippen LogP contribution in [0, 0.1) is 0 Å². The van der Waals surface area contributed by atoms with Gasteiger partial charge in [-0.3, -0.25) is 9.59 Å². The summed E-state index contributed by atoms with van der Waals surface area (Å²) < 4.78 is 0. The third-order valence-electron chi connectivity index (χ3n) is 3.75. The molecule has 1 aromatic heterocycles. The van der Waals surface area contributed by atoms with Gasteiger partial charge in [-0.1, -0.05) is 12.1 Å². The number of nitrogens with one attached hydrogen (secondary N) is 2. The van der Waals surface area contributed by atoms with E-state index in [1.165, 1.54) is 12.3 Å². The number of benzene rings is 1. The molecule has 0 spiro atoms. The van der Waals surface area contributed by atoms with E-state index in [4.69, 9.17) is 0 Å². The Labute approximate surface area is 127 Å². The SMILES string of the molecule is O=C(c1ccc(-c2c[nH]c(=O)c(O)c2)cc1)N1CCNCC1. The maximum Gasteiger partial charge on any atom is 0.290 e. The van der Waals surface area contributed by atoms with E-state index in [1.807, 2.05) is 17.0 Å². The van der Waals surface area contributed by atoms with Crippen LogP contribution in [0.4, 0.5) is 0 Å². The number of carbonyl (C=O) groups excluding carboxylic acids is 1. The highest BCUT2D eigenvalue weighted by molar-refractivity contribution is 5.94. The van der Waals surface area contributed by atoms with Crippen molar-refractivity contribution in [3.63, 3.8) is 0 Å². The molecule has 0 radical (unpaired) electrons. The van der Waals surface area contributed by atoms with E-state index in [0.29, 0.717) is 24.2 Å². The zero-order chi connectivity index (χ0) is 15.5. The lowest BCUT2D eigenvalue weighted by molar-refractivity contribution is 0.0736. The van der Waals surface area contributed by atoms with Crippen molar-refractivity contribution in [3.8, 4) is 16.9 Å². The number of piperazine rings is 1. The first-order chi connectivity index (χ1) is 10.6. The highest BCUT2D eigenvalue weighted by Crippen LogP contribution is 2.21. The molecule has 3 rings (SSSR count). The Morgan fingerprint density at radius 3 is 2.41 bits per heavy atom. The normalized spacial score (nSPS) is 14.8. The Hall–Kier alpha value is -2.60. The zero-order valence-electron chi connectivity index (χ0n) is 12.0. The molecule has 0 unspecified atom stereocenters. The molecule has 114 valence electrons. The van der Waals surface area contributed by atoms with Gasteiger partial charge in [-0.15, -0.1) is 0 Å². The van der Waals surface area contributed by atoms with Gasteiger partial charge in [-0.2, -0.15) is 0 Å². The predicted octanol–water partition coefficient (Wildman–Crippen LogP) is 0.793. The Balaban J connectivity index is 1.81. The number of aromatic hydroxyl groups is 1. The van der Waals surface area contributed by atoms with E-state index in [1.54, 1.807) is 12.1 Å².